The minimum atomic E-state index is -0.283. The molecule has 1 aliphatic heterocycles. The van der Waals surface area contributed by atoms with Crippen LogP contribution in [0.1, 0.15) is 39.7 Å². The zero-order valence-corrected chi connectivity index (χ0v) is 11.6. The Kier molecular flexibility index (Phi) is 3.16. The summed E-state index contributed by atoms with van der Waals surface area (Å²) in [7, 11) is 0. The molecule has 0 amide bonds. The van der Waals surface area contributed by atoms with Gasteiger partial charge in [-0.25, -0.2) is 0 Å². The lowest BCUT2D eigenvalue weighted by Crippen LogP contribution is -2.59. The smallest absolute Gasteiger partial charge is 0.162 e. The van der Waals surface area contributed by atoms with E-state index in [9.17, 15) is 4.79 Å². The van der Waals surface area contributed by atoms with Crippen LogP contribution >= 0.6 is 0 Å². The summed E-state index contributed by atoms with van der Waals surface area (Å²) in [5.74, 6) is 0.243. The Morgan fingerprint density at radius 1 is 1.11 bits per heavy atom. The molecule has 1 aromatic carbocycles. The number of rotatable bonds is 1. The molecule has 0 radical (unpaired) electrons. The van der Waals surface area contributed by atoms with Crippen LogP contribution < -0.4 is 5.32 Å². The highest BCUT2D eigenvalue weighted by molar-refractivity contribution is 6.03. The second-order valence-electron chi connectivity index (χ2n) is 6.20. The molecule has 0 aromatic heterocycles. The first-order valence-corrected chi connectivity index (χ1v) is 6.40. The molecule has 2 rings (SSSR count). The maximum Gasteiger partial charge on any atom is 0.162 e. The van der Waals surface area contributed by atoms with Crippen molar-refractivity contribution in [3.05, 3.63) is 41.5 Å². The van der Waals surface area contributed by atoms with Crippen LogP contribution in [0.25, 0.3) is 6.08 Å². The summed E-state index contributed by atoms with van der Waals surface area (Å²) in [5.41, 5.74) is 1.53. The van der Waals surface area contributed by atoms with E-state index in [-0.39, 0.29) is 16.9 Å². The summed E-state index contributed by atoms with van der Waals surface area (Å²) in [6, 6.07) is 10.0. The van der Waals surface area contributed by atoms with E-state index >= 15 is 0 Å². The van der Waals surface area contributed by atoms with E-state index in [2.05, 4.69) is 33.0 Å². The molecule has 2 nitrogen and oxygen atoms in total. The summed E-state index contributed by atoms with van der Waals surface area (Å²) < 4.78 is 0. The molecule has 1 aliphatic rings. The fourth-order valence-electron chi connectivity index (χ4n) is 2.78. The first kappa shape index (κ1) is 13.0. The number of benzene rings is 1. The molecule has 1 heterocycles. The van der Waals surface area contributed by atoms with Gasteiger partial charge in [0.15, 0.2) is 5.78 Å². The standard InChI is InChI=1S/C16H21NO/c1-15(2)11-14(18)13(16(3,4)17-15)10-12-8-6-5-7-9-12/h5-10,17H,11H2,1-4H3/b13-10-. The Hall–Kier alpha value is -1.41. The Morgan fingerprint density at radius 2 is 1.72 bits per heavy atom. The van der Waals surface area contributed by atoms with E-state index in [4.69, 9.17) is 0 Å². The number of carbonyl (C=O) groups is 1. The van der Waals surface area contributed by atoms with Crippen molar-refractivity contribution in [2.24, 2.45) is 0 Å². The van der Waals surface area contributed by atoms with Crippen LogP contribution in [0, 0.1) is 0 Å². The predicted molar refractivity (Wildman–Crippen MR) is 75.3 cm³/mol. The summed E-state index contributed by atoms with van der Waals surface area (Å²) in [5, 5.41) is 3.54. The van der Waals surface area contributed by atoms with Crippen LogP contribution in [-0.2, 0) is 4.79 Å². The molecule has 2 heteroatoms. The maximum absolute atomic E-state index is 12.3. The molecule has 1 saturated heterocycles. The average Bonchev–Trinajstić information content (AvgIpc) is 2.23. The molecule has 1 aromatic rings. The topological polar surface area (TPSA) is 29.1 Å². The van der Waals surface area contributed by atoms with Crippen LogP contribution in [0.4, 0.5) is 0 Å². The largest absolute Gasteiger partial charge is 0.302 e. The highest BCUT2D eigenvalue weighted by Crippen LogP contribution is 2.31. The third kappa shape index (κ3) is 2.70. The number of nitrogens with one attached hydrogen (secondary N) is 1. The van der Waals surface area contributed by atoms with E-state index in [0.717, 1.165) is 11.1 Å². The van der Waals surface area contributed by atoms with Crippen LogP contribution in [0.3, 0.4) is 0 Å². The van der Waals surface area contributed by atoms with Crippen LogP contribution in [0.2, 0.25) is 0 Å². The third-order valence-electron chi connectivity index (χ3n) is 3.34. The van der Waals surface area contributed by atoms with Crippen molar-refractivity contribution < 1.29 is 4.79 Å². The molecular weight excluding hydrogens is 222 g/mol. The normalized spacial score (nSPS) is 24.2. The number of hydrogen-bond acceptors (Lipinski definition) is 2. The van der Waals surface area contributed by atoms with Crippen molar-refractivity contribution in [2.75, 3.05) is 0 Å². The van der Waals surface area contributed by atoms with E-state index in [1.165, 1.54) is 0 Å². The van der Waals surface area contributed by atoms with E-state index in [1.54, 1.807) is 0 Å². The quantitative estimate of drug-likeness (QED) is 0.767. The molecule has 0 saturated carbocycles. The molecule has 1 N–H and O–H groups in total. The van der Waals surface area contributed by atoms with Crippen molar-refractivity contribution in [1.82, 2.24) is 5.32 Å². The van der Waals surface area contributed by atoms with Crippen LogP contribution in [0.15, 0.2) is 35.9 Å². The molecule has 0 aliphatic carbocycles. The minimum Gasteiger partial charge on any atom is -0.302 e. The van der Waals surface area contributed by atoms with Crippen molar-refractivity contribution >= 4 is 11.9 Å². The van der Waals surface area contributed by atoms with Gasteiger partial charge in [-0.1, -0.05) is 30.3 Å². The molecule has 0 unspecified atom stereocenters. The lowest BCUT2D eigenvalue weighted by atomic mass is 9.77. The van der Waals surface area contributed by atoms with Gasteiger partial charge in [0.05, 0.1) is 0 Å². The number of piperidine rings is 1. The Labute approximate surface area is 109 Å². The van der Waals surface area contributed by atoms with Gasteiger partial charge in [-0.2, -0.15) is 0 Å². The van der Waals surface area contributed by atoms with E-state index in [1.807, 2.05) is 36.4 Å². The summed E-state index contributed by atoms with van der Waals surface area (Å²) in [6.45, 7) is 8.29. The lowest BCUT2D eigenvalue weighted by Gasteiger charge is -2.43. The summed E-state index contributed by atoms with van der Waals surface area (Å²) in [4.78, 5) is 12.3. The number of Topliss-reactive ketones (excluding diaryl/α,β-unsaturated/α-hetero) is 1. The maximum atomic E-state index is 12.3. The van der Waals surface area contributed by atoms with Gasteiger partial charge in [-0.3, -0.25) is 4.79 Å². The molecule has 96 valence electrons. The zero-order valence-electron chi connectivity index (χ0n) is 11.6. The zero-order chi connectivity index (χ0) is 13.4. The van der Waals surface area contributed by atoms with E-state index < -0.39 is 0 Å². The second kappa shape index (κ2) is 4.36. The number of carbonyl (C=O) groups excluding carboxylic acids is 1. The van der Waals surface area contributed by atoms with Gasteiger partial charge in [0.2, 0.25) is 0 Å². The van der Waals surface area contributed by atoms with Crippen molar-refractivity contribution in [2.45, 2.75) is 45.2 Å². The molecule has 0 atom stereocenters. The number of hydrogen-bond donors (Lipinski definition) is 1. The van der Waals surface area contributed by atoms with Gasteiger partial charge in [0.25, 0.3) is 0 Å². The van der Waals surface area contributed by atoms with Crippen molar-refractivity contribution in [1.29, 1.82) is 0 Å². The van der Waals surface area contributed by atoms with Crippen molar-refractivity contribution in [3.63, 3.8) is 0 Å². The first-order valence-electron chi connectivity index (χ1n) is 6.40. The van der Waals surface area contributed by atoms with Gasteiger partial charge < -0.3 is 5.32 Å². The van der Waals surface area contributed by atoms with Crippen molar-refractivity contribution in [3.8, 4) is 0 Å². The molecule has 0 bridgehead atoms. The summed E-state index contributed by atoms with van der Waals surface area (Å²) >= 11 is 0. The Bertz CT molecular complexity index is 483. The van der Waals surface area contributed by atoms with Gasteiger partial charge in [-0.15, -0.1) is 0 Å². The molecule has 0 spiro atoms. The monoisotopic (exact) mass is 243 g/mol. The summed E-state index contributed by atoms with van der Waals surface area (Å²) in [6.07, 6.45) is 2.56. The molecular formula is C16H21NO. The predicted octanol–water partition coefficient (Wildman–Crippen LogP) is 3.19. The Balaban J connectivity index is 2.39. The number of ketones is 1. The average molecular weight is 243 g/mol. The highest BCUT2D eigenvalue weighted by atomic mass is 16.1. The highest BCUT2D eigenvalue weighted by Gasteiger charge is 2.40. The SMILES string of the molecule is CC1(C)CC(=O)/C(=C/c2ccccc2)C(C)(C)N1. The van der Waals surface area contributed by atoms with Gasteiger partial charge in [0.1, 0.15) is 0 Å². The minimum absolute atomic E-state index is 0.130. The fourth-order valence-corrected chi connectivity index (χ4v) is 2.78. The fraction of sp³-hybridized carbons (Fsp3) is 0.438. The molecule has 1 fully saturated rings. The van der Waals surface area contributed by atoms with Crippen LogP contribution in [-0.4, -0.2) is 16.9 Å². The van der Waals surface area contributed by atoms with Gasteiger partial charge >= 0.3 is 0 Å². The van der Waals surface area contributed by atoms with Gasteiger partial charge in [-0.05, 0) is 39.3 Å². The van der Waals surface area contributed by atoms with Gasteiger partial charge in [0, 0.05) is 23.1 Å². The third-order valence-corrected chi connectivity index (χ3v) is 3.34. The second-order valence-corrected chi connectivity index (χ2v) is 6.20. The first-order chi connectivity index (χ1) is 8.30. The Morgan fingerprint density at radius 3 is 2.28 bits per heavy atom. The molecule has 18 heavy (non-hydrogen) atoms. The lowest BCUT2D eigenvalue weighted by molar-refractivity contribution is -0.119. The van der Waals surface area contributed by atoms with E-state index in [0.29, 0.717) is 6.42 Å². The van der Waals surface area contributed by atoms with Crippen LogP contribution in [0.5, 0.6) is 0 Å².